The Morgan fingerprint density at radius 2 is 1.78 bits per heavy atom. The van der Waals surface area contributed by atoms with Gasteiger partial charge in [-0.2, -0.15) is 0 Å². The summed E-state index contributed by atoms with van der Waals surface area (Å²) >= 11 is 0. The first-order valence-corrected chi connectivity index (χ1v) is 11.1. The van der Waals surface area contributed by atoms with Gasteiger partial charge in [0, 0.05) is 40.8 Å². The molecule has 1 N–H and O–H groups in total. The van der Waals surface area contributed by atoms with Crippen molar-refractivity contribution < 1.29 is 28.8 Å². The lowest BCUT2D eigenvalue weighted by Crippen LogP contribution is -2.41. The topological polar surface area (TPSA) is 133 Å². The number of carbonyl (C=O) groups is 3. The molecular weight excluding hydrogens is 468 g/mol. The number of imide groups is 1. The molecule has 36 heavy (non-hydrogen) atoms. The zero-order valence-corrected chi connectivity index (χ0v) is 19.7. The molecule has 3 amide bonds. The number of hydrogen-bond donors (Lipinski definition) is 1. The maximum atomic E-state index is 13.3. The number of aryl methyl sites for hydroxylation is 1. The number of ether oxygens (including phenoxy) is 2. The largest absolute Gasteiger partial charge is 0.454 e. The molecule has 1 atom stereocenters. The number of fused-ring (bicyclic) bond motifs is 1. The number of urea groups is 1. The Morgan fingerprint density at radius 1 is 1.08 bits per heavy atom. The molecule has 1 fully saturated rings. The number of ketones is 1. The highest BCUT2D eigenvalue weighted by atomic mass is 16.7. The average molecular weight is 490 g/mol. The van der Waals surface area contributed by atoms with Crippen LogP contribution in [0.25, 0.3) is 5.69 Å². The van der Waals surface area contributed by atoms with Crippen LogP contribution in [-0.4, -0.2) is 45.4 Å². The summed E-state index contributed by atoms with van der Waals surface area (Å²) in [6.07, 6.45) is 0. The van der Waals surface area contributed by atoms with E-state index in [1.807, 2.05) is 23.6 Å². The lowest BCUT2D eigenvalue weighted by molar-refractivity contribution is -0.384. The molecule has 2 aromatic carbocycles. The maximum absolute atomic E-state index is 13.3. The number of amides is 3. The number of aromatic nitrogens is 1. The van der Waals surface area contributed by atoms with E-state index in [0.29, 0.717) is 28.3 Å². The number of nitro benzene ring substituents is 1. The highest BCUT2D eigenvalue weighted by Crippen LogP contribution is 2.35. The molecule has 2 aliphatic heterocycles. The monoisotopic (exact) mass is 490 g/mol. The third-order valence-corrected chi connectivity index (χ3v) is 6.58. The van der Waals surface area contributed by atoms with Crippen molar-refractivity contribution in [1.82, 2.24) is 14.8 Å². The molecule has 0 saturated carbocycles. The standard InChI is InChI=1S/C25H22N4O7/c1-14-10-19(15(2)28(14)18-8-9-21-22(11-18)36-13-35-21)20(30)12-27-23(31)25(3,26-24(27)32)16-4-6-17(7-5-16)29(33)34/h4-11H,12-13H2,1-3H3,(H,26,32)/t25-/m0/s1. The van der Waals surface area contributed by atoms with E-state index in [1.165, 1.54) is 31.2 Å². The summed E-state index contributed by atoms with van der Waals surface area (Å²) in [7, 11) is 0. The second-order valence-electron chi connectivity index (χ2n) is 8.83. The number of hydrogen-bond acceptors (Lipinski definition) is 7. The first-order valence-electron chi connectivity index (χ1n) is 11.1. The second kappa shape index (κ2) is 8.22. The summed E-state index contributed by atoms with van der Waals surface area (Å²) in [4.78, 5) is 50.5. The van der Waals surface area contributed by atoms with E-state index in [9.17, 15) is 24.5 Å². The molecule has 11 nitrogen and oxygen atoms in total. The fourth-order valence-electron chi connectivity index (χ4n) is 4.65. The normalized spacial score (nSPS) is 18.5. The summed E-state index contributed by atoms with van der Waals surface area (Å²) in [6.45, 7) is 4.85. The number of carbonyl (C=O) groups excluding carboxylic acids is 3. The van der Waals surface area contributed by atoms with Gasteiger partial charge < -0.3 is 19.4 Å². The average Bonchev–Trinajstić information content (AvgIpc) is 3.50. The summed E-state index contributed by atoms with van der Waals surface area (Å²) in [5.41, 5.74) is 1.41. The van der Waals surface area contributed by atoms with Gasteiger partial charge in [0.1, 0.15) is 5.54 Å². The van der Waals surface area contributed by atoms with E-state index in [1.54, 1.807) is 19.1 Å². The van der Waals surface area contributed by atoms with Gasteiger partial charge in [0.25, 0.3) is 11.6 Å². The van der Waals surface area contributed by atoms with Crippen LogP contribution in [0.4, 0.5) is 10.5 Å². The van der Waals surface area contributed by atoms with Crippen molar-refractivity contribution in [2.75, 3.05) is 13.3 Å². The van der Waals surface area contributed by atoms with Gasteiger partial charge in [-0.05, 0) is 56.7 Å². The van der Waals surface area contributed by atoms with Gasteiger partial charge in [-0.15, -0.1) is 0 Å². The smallest absolute Gasteiger partial charge is 0.325 e. The molecule has 0 radical (unpaired) electrons. The summed E-state index contributed by atoms with van der Waals surface area (Å²) in [5.74, 6) is 0.246. The quantitative estimate of drug-likeness (QED) is 0.242. The zero-order valence-electron chi connectivity index (χ0n) is 19.7. The Bertz CT molecular complexity index is 1440. The molecule has 0 bridgehead atoms. The van der Waals surface area contributed by atoms with E-state index in [0.717, 1.165) is 16.3 Å². The minimum absolute atomic E-state index is 0.135. The first kappa shape index (κ1) is 23.1. The van der Waals surface area contributed by atoms with Crippen molar-refractivity contribution in [3.63, 3.8) is 0 Å². The van der Waals surface area contributed by atoms with Crippen molar-refractivity contribution in [2.24, 2.45) is 0 Å². The Balaban J connectivity index is 1.39. The Hall–Kier alpha value is -4.67. The van der Waals surface area contributed by atoms with Crippen LogP contribution in [0.2, 0.25) is 0 Å². The van der Waals surface area contributed by atoms with E-state index in [-0.39, 0.29) is 12.5 Å². The number of nitrogens with one attached hydrogen (secondary N) is 1. The van der Waals surface area contributed by atoms with E-state index in [4.69, 9.17) is 9.47 Å². The third-order valence-electron chi connectivity index (χ3n) is 6.58. The van der Waals surface area contributed by atoms with Crippen LogP contribution in [0.1, 0.15) is 34.2 Å². The lowest BCUT2D eigenvalue weighted by Gasteiger charge is -2.22. The molecule has 11 heteroatoms. The Labute approximate surface area is 205 Å². The van der Waals surface area contributed by atoms with Crippen LogP contribution in [0.5, 0.6) is 11.5 Å². The van der Waals surface area contributed by atoms with Gasteiger partial charge in [-0.3, -0.25) is 24.6 Å². The Kier molecular flexibility index (Phi) is 5.27. The molecular formula is C25H22N4O7. The van der Waals surface area contributed by atoms with Gasteiger partial charge in [-0.1, -0.05) is 0 Å². The van der Waals surface area contributed by atoms with Crippen molar-refractivity contribution in [3.05, 3.63) is 81.2 Å². The van der Waals surface area contributed by atoms with Crippen LogP contribution in [-0.2, 0) is 10.3 Å². The highest BCUT2D eigenvalue weighted by Gasteiger charge is 2.49. The van der Waals surface area contributed by atoms with E-state index < -0.39 is 34.7 Å². The lowest BCUT2D eigenvalue weighted by atomic mass is 9.92. The number of nitrogens with zero attached hydrogens (tertiary/aromatic N) is 3. The molecule has 0 unspecified atom stereocenters. The van der Waals surface area contributed by atoms with Gasteiger partial charge in [0.2, 0.25) is 6.79 Å². The Morgan fingerprint density at radius 3 is 2.47 bits per heavy atom. The van der Waals surface area contributed by atoms with Gasteiger partial charge in [0.15, 0.2) is 17.3 Å². The predicted octanol–water partition coefficient (Wildman–Crippen LogP) is 3.38. The molecule has 184 valence electrons. The minimum Gasteiger partial charge on any atom is -0.454 e. The number of nitro groups is 1. The summed E-state index contributed by atoms with van der Waals surface area (Å²) in [6, 6.07) is 11.8. The van der Waals surface area contributed by atoms with Crippen molar-refractivity contribution in [3.8, 4) is 17.2 Å². The first-order chi connectivity index (χ1) is 17.1. The summed E-state index contributed by atoms with van der Waals surface area (Å²) < 4.78 is 12.7. The molecule has 1 aromatic heterocycles. The minimum atomic E-state index is -1.45. The number of rotatable bonds is 6. The van der Waals surface area contributed by atoms with E-state index in [2.05, 4.69) is 5.32 Å². The van der Waals surface area contributed by atoms with Crippen LogP contribution < -0.4 is 14.8 Å². The molecule has 3 heterocycles. The van der Waals surface area contributed by atoms with E-state index >= 15 is 0 Å². The fraction of sp³-hybridized carbons (Fsp3) is 0.240. The zero-order chi connectivity index (χ0) is 25.8. The SMILES string of the molecule is Cc1cc(C(=O)CN2C(=O)N[C@@](C)(c3ccc([N+](=O)[O-])cc3)C2=O)c(C)n1-c1ccc2c(c1)OCO2. The molecule has 2 aliphatic rings. The van der Waals surface area contributed by atoms with Crippen molar-refractivity contribution in [2.45, 2.75) is 26.3 Å². The summed E-state index contributed by atoms with van der Waals surface area (Å²) in [5, 5.41) is 13.6. The van der Waals surface area contributed by atoms with Crippen LogP contribution in [0, 0.1) is 24.0 Å². The molecule has 3 aromatic rings. The predicted molar refractivity (Wildman–Crippen MR) is 126 cm³/mol. The van der Waals surface area contributed by atoms with Crippen molar-refractivity contribution >= 4 is 23.4 Å². The van der Waals surface area contributed by atoms with Gasteiger partial charge in [0.05, 0.1) is 11.5 Å². The number of benzene rings is 2. The molecule has 0 aliphatic carbocycles. The van der Waals surface area contributed by atoms with Gasteiger partial charge >= 0.3 is 6.03 Å². The molecule has 0 spiro atoms. The third kappa shape index (κ3) is 3.56. The molecule has 5 rings (SSSR count). The second-order valence-corrected chi connectivity index (χ2v) is 8.83. The van der Waals surface area contributed by atoms with Crippen molar-refractivity contribution in [1.29, 1.82) is 0 Å². The van der Waals surface area contributed by atoms with Crippen LogP contribution >= 0.6 is 0 Å². The number of Topliss-reactive ketones (excluding diaryl/α,β-unsaturated/α-hetero) is 1. The maximum Gasteiger partial charge on any atom is 0.325 e. The number of non-ortho nitro benzene ring substituents is 1. The highest BCUT2D eigenvalue weighted by molar-refractivity contribution is 6.11. The van der Waals surface area contributed by atoms with Crippen LogP contribution in [0.3, 0.4) is 0 Å². The molecule has 1 saturated heterocycles. The van der Waals surface area contributed by atoms with Crippen LogP contribution in [0.15, 0.2) is 48.5 Å². The van der Waals surface area contributed by atoms with Gasteiger partial charge in [-0.25, -0.2) is 4.79 Å². The fourth-order valence-corrected chi connectivity index (χ4v) is 4.65.